The summed E-state index contributed by atoms with van der Waals surface area (Å²) in [6.07, 6.45) is 0.321. The lowest BCUT2D eigenvalue weighted by Gasteiger charge is -2.10. The van der Waals surface area contributed by atoms with Crippen molar-refractivity contribution in [2.45, 2.75) is 32.9 Å². The van der Waals surface area contributed by atoms with Crippen LogP contribution in [0.5, 0.6) is 5.75 Å². The third-order valence-electron chi connectivity index (χ3n) is 4.53. The predicted molar refractivity (Wildman–Crippen MR) is 108 cm³/mol. The Labute approximate surface area is 165 Å². The minimum Gasteiger partial charge on any atom is -0.481 e. The van der Waals surface area contributed by atoms with Gasteiger partial charge < -0.3 is 18.8 Å². The SMILES string of the molecule is CCCn1c(=O)c(=O)[nH]c2cc(-c3noc([C@@H](C)Oc4ccccc4)n3)ccc21. The molecule has 1 atom stereocenters. The third-order valence-corrected chi connectivity index (χ3v) is 4.53. The number of aromatic amines is 1. The molecule has 1 N–H and O–H groups in total. The molecule has 29 heavy (non-hydrogen) atoms. The first-order valence-corrected chi connectivity index (χ1v) is 9.39. The molecule has 2 aromatic heterocycles. The van der Waals surface area contributed by atoms with E-state index in [9.17, 15) is 9.59 Å². The van der Waals surface area contributed by atoms with Crippen LogP contribution >= 0.6 is 0 Å². The fourth-order valence-corrected chi connectivity index (χ4v) is 3.14. The number of nitrogens with zero attached hydrogens (tertiary/aromatic N) is 3. The van der Waals surface area contributed by atoms with Crippen molar-refractivity contribution in [2.24, 2.45) is 0 Å². The Bertz CT molecular complexity index is 1260. The van der Waals surface area contributed by atoms with Crippen LogP contribution in [0.15, 0.2) is 62.6 Å². The maximum atomic E-state index is 12.1. The molecule has 0 saturated carbocycles. The van der Waals surface area contributed by atoms with Crippen molar-refractivity contribution in [3.05, 3.63) is 75.1 Å². The van der Waals surface area contributed by atoms with E-state index in [4.69, 9.17) is 9.26 Å². The standard InChI is InChI=1S/C21H20N4O4/c1-3-11-25-17-10-9-14(12-16(17)22-19(26)21(25)27)18-23-20(29-24-18)13(2)28-15-7-5-4-6-8-15/h4-10,12-13H,3,11H2,1-2H3,(H,22,26)/t13-/m1/s1. The number of aromatic nitrogens is 4. The number of nitrogens with one attached hydrogen (secondary N) is 1. The predicted octanol–water partition coefficient (Wildman–Crippen LogP) is 3.29. The summed E-state index contributed by atoms with van der Waals surface area (Å²) in [5, 5.41) is 4.03. The molecule has 0 unspecified atom stereocenters. The summed E-state index contributed by atoms with van der Waals surface area (Å²) in [5.74, 6) is 1.42. The van der Waals surface area contributed by atoms with E-state index in [1.54, 1.807) is 18.2 Å². The molecule has 0 aliphatic carbocycles. The van der Waals surface area contributed by atoms with E-state index in [1.165, 1.54) is 4.57 Å². The molecule has 0 saturated heterocycles. The number of aryl methyl sites for hydroxylation is 1. The van der Waals surface area contributed by atoms with Crippen LogP contribution in [0, 0.1) is 0 Å². The smallest absolute Gasteiger partial charge is 0.316 e. The highest BCUT2D eigenvalue weighted by molar-refractivity contribution is 5.80. The second-order valence-corrected chi connectivity index (χ2v) is 6.67. The molecular formula is C21H20N4O4. The molecule has 2 aromatic carbocycles. The highest BCUT2D eigenvalue weighted by atomic mass is 16.5. The molecule has 0 fully saturated rings. The van der Waals surface area contributed by atoms with E-state index in [0.717, 1.165) is 6.42 Å². The van der Waals surface area contributed by atoms with Gasteiger partial charge >= 0.3 is 11.1 Å². The lowest BCUT2D eigenvalue weighted by atomic mass is 10.1. The van der Waals surface area contributed by atoms with Crippen molar-refractivity contribution in [3.8, 4) is 17.1 Å². The molecule has 2 heterocycles. The largest absolute Gasteiger partial charge is 0.481 e. The Morgan fingerprint density at radius 3 is 2.72 bits per heavy atom. The lowest BCUT2D eigenvalue weighted by Crippen LogP contribution is -2.36. The van der Waals surface area contributed by atoms with Crippen LogP contribution in [0.4, 0.5) is 0 Å². The van der Waals surface area contributed by atoms with Gasteiger partial charge in [0.1, 0.15) is 5.75 Å². The summed E-state index contributed by atoms with van der Waals surface area (Å²) in [5.41, 5.74) is 0.657. The average molecular weight is 392 g/mol. The summed E-state index contributed by atoms with van der Waals surface area (Å²) < 4.78 is 12.6. The van der Waals surface area contributed by atoms with Gasteiger partial charge in [-0.15, -0.1) is 0 Å². The minimum absolute atomic E-state index is 0.341. The topological polar surface area (TPSA) is 103 Å². The highest BCUT2D eigenvalue weighted by Crippen LogP contribution is 2.24. The van der Waals surface area contributed by atoms with Crippen LogP contribution in [0.3, 0.4) is 0 Å². The number of hydrogen-bond donors (Lipinski definition) is 1. The van der Waals surface area contributed by atoms with Gasteiger partial charge in [0.2, 0.25) is 5.82 Å². The number of ether oxygens (including phenoxy) is 1. The summed E-state index contributed by atoms with van der Waals surface area (Å²) >= 11 is 0. The van der Waals surface area contributed by atoms with Gasteiger partial charge in [-0.2, -0.15) is 4.98 Å². The second-order valence-electron chi connectivity index (χ2n) is 6.67. The van der Waals surface area contributed by atoms with Gasteiger partial charge in [-0.25, -0.2) is 0 Å². The zero-order valence-corrected chi connectivity index (χ0v) is 16.1. The number of benzene rings is 2. The van der Waals surface area contributed by atoms with Gasteiger partial charge in [0.25, 0.3) is 5.89 Å². The summed E-state index contributed by atoms with van der Waals surface area (Å²) in [6, 6.07) is 14.7. The van der Waals surface area contributed by atoms with Crippen LogP contribution in [-0.4, -0.2) is 19.7 Å². The van der Waals surface area contributed by atoms with Crippen molar-refractivity contribution < 1.29 is 9.26 Å². The van der Waals surface area contributed by atoms with Gasteiger partial charge in [0, 0.05) is 12.1 Å². The van der Waals surface area contributed by atoms with Crippen LogP contribution < -0.4 is 15.9 Å². The minimum atomic E-state index is -0.651. The van der Waals surface area contributed by atoms with Crippen LogP contribution in [0.1, 0.15) is 32.3 Å². The number of rotatable bonds is 6. The zero-order chi connectivity index (χ0) is 20.4. The van der Waals surface area contributed by atoms with Crippen molar-refractivity contribution in [2.75, 3.05) is 0 Å². The molecule has 0 radical (unpaired) electrons. The van der Waals surface area contributed by atoms with Crippen LogP contribution in [-0.2, 0) is 6.54 Å². The quantitative estimate of drug-likeness (QED) is 0.505. The number of fused-ring (bicyclic) bond motifs is 1. The summed E-state index contributed by atoms with van der Waals surface area (Å²) in [6.45, 7) is 4.25. The Morgan fingerprint density at radius 2 is 1.97 bits per heavy atom. The molecule has 0 bridgehead atoms. The molecular weight excluding hydrogens is 372 g/mol. The first-order valence-electron chi connectivity index (χ1n) is 9.39. The maximum absolute atomic E-state index is 12.1. The van der Waals surface area contributed by atoms with Gasteiger partial charge in [-0.3, -0.25) is 9.59 Å². The first kappa shape index (κ1) is 18.7. The van der Waals surface area contributed by atoms with E-state index in [-0.39, 0.29) is 0 Å². The van der Waals surface area contributed by atoms with Crippen LogP contribution in [0.2, 0.25) is 0 Å². The normalized spacial score (nSPS) is 12.2. The van der Waals surface area contributed by atoms with E-state index < -0.39 is 17.2 Å². The third kappa shape index (κ3) is 3.69. The number of hydrogen-bond acceptors (Lipinski definition) is 6. The van der Waals surface area contributed by atoms with E-state index in [1.807, 2.05) is 44.2 Å². The molecule has 0 aliphatic rings. The molecule has 8 nitrogen and oxygen atoms in total. The molecule has 8 heteroatoms. The summed E-state index contributed by atoms with van der Waals surface area (Å²) in [4.78, 5) is 31.2. The van der Waals surface area contributed by atoms with Gasteiger partial charge in [0.05, 0.1) is 11.0 Å². The van der Waals surface area contributed by atoms with Gasteiger partial charge in [0.15, 0.2) is 6.10 Å². The monoisotopic (exact) mass is 392 g/mol. The van der Waals surface area contributed by atoms with Gasteiger partial charge in [-0.1, -0.05) is 30.3 Å². The van der Waals surface area contributed by atoms with Gasteiger partial charge in [-0.05, 0) is 43.7 Å². The molecule has 0 amide bonds. The van der Waals surface area contributed by atoms with Crippen molar-refractivity contribution in [1.82, 2.24) is 19.7 Å². The highest BCUT2D eigenvalue weighted by Gasteiger charge is 2.17. The maximum Gasteiger partial charge on any atom is 0.316 e. The first-order chi connectivity index (χ1) is 14.1. The van der Waals surface area contributed by atoms with E-state index in [2.05, 4.69) is 15.1 Å². The molecule has 4 aromatic rings. The van der Waals surface area contributed by atoms with Crippen molar-refractivity contribution in [1.29, 1.82) is 0 Å². The molecule has 148 valence electrons. The van der Waals surface area contributed by atoms with Crippen LogP contribution in [0.25, 0.3) is 22.4 Å². The Balaban J connectivity index is 1.66. The Morgan fingerprint density at radius 1 is 1.17 bits per heavy atom. The number of H-pyrrole nitrogens is 1. The average Bonchev–Trinajstić information content (AvgIpc) is 3.22. The Kier molecular flexibility index (Phi) is 4.99. The molecule has 0 spiro atoms. The van der Waals surface area contributed by atoms with E-state index in [0.29, 0.717) is 40.6 Å². The molecule has 0 aliphatic heterocycles. The van der Waals surface area contributed by atoms with Crippen molar-refractivity contribution >= 4 is 11.0 Å². The fraction of sp³-hybridized carbons (Fsp3) is 0.238. The van der Waals surface area contributed by atoms with E-state index >= 15 is 0 Å². The number of para-hydroxylation sites is 1. The second kappa shape index (κ2) is 7.75. The molecule has 4 rings (SSSR count). The zero-order valence-electron chi connectivity index (χ0n) is 16.1. The lowest BCUT2D eigenvalue weighted by molar-refractivity contribution is 0.176. The fourth-order valence-electron chi connectivity index (χ4n) is 3.14. The van der Waals surface area contributed by atoms with Crippen molar-refractivity contribution in [3.63, 3.8) is 0 Å². The Hall–Kier alpha value is -3.68. The summed E-state index contributed by atoms with van der Waals surface area (Å²) in [7, 11) is 0.